The van der Waals surface area contributed by atoms with Gasteiger partial charge < -0.3 is 10.5 Å². The van der Waals surface area contributed by atoms with Crippen molar-refractivity contribution in [2.24, 2.45) is 5.73 Å². The van der Waals surface area contributed by atoms with Crippen LogP contribution in [0.3, 0.4) is 0 Å². The van der Waals surface area contributed by atoms with Crippen LogP contribution in [0.1, 0.15) is 5.56 Å². The molecule has 0 unspecified atom stereocenters. The lowest BCUT2D eigenvalue weighted by molar-refractivity contribution is 0.473. The van der Waals surface area contributed by atoms with Gasteiger partial charge in [0.2, 0.25) is 0 Å². The highest BCUT2D eigenvalue weighted by Gasteiger charge is 2.07. The molecule has 0 radical (unpaired) electrons. The number of hydrogen-bond acceptors (Lipinski definition) is 3. The van der Waals surface area contributed by atoms with Crippen LogP contribution in [-0.4, -0.2) is 5.17 Å². The Morgan fingerprint density at radius 2 is 2.05 bits per heavy atom. The van der Waals surface area contributed by atoms with Crippen LogP contribution in [0.25, 0.3) is 0 Å². The lowest BCUT2D eigenvalue weighted by Crippen LogP contribution is -2.04. The summed E-state index contributed by atoms with van der Waals surface area (Å²) < 4.78 is 19.0. The Kier molecular flexibility index (Phi) is 4.87. The summed E-state index contributed by atoms with van der Waals surface area (Å²) in [5.74, 6) is 0.955. The molecule has 0 heterocycles. The van der Waals surface area contributed by atoms with E-state index in [-0.39, 0.29) is 10.2 Å². The van der Waals surface area contributed by atoms with Crippen LogP contribution < -0.4 is 10.5 Å². The Hall–Kier alpha value is -1.72. The SMILES string of the molecule is N=C(N)SCc1ccccc1Oc1ccc(Cl)c(F)c1. The summed E-state index contributed by atoms with van der Waals surface area (Å²) in [7, 11) is 0. The molecule has 0 aliphatic carbocycles. The Balaban J connectivity index is 2.19. The molecule has 3 N–H and O–H groups in total. The lowest BCUT2D eigenvalue weighted by Gasteiger charge is -2.11. The Morgan fingerprint density at radius 1 is 1.30 bits per heavy atom. The first-order valence-electron chi connectivity index (χ1n) is 5.74. The maximum absolute atomic E-state index is 13.4. The van der Waals surface area contributed by atoms with E-state index in [0.29, 0.717) is 17.3 Å². The summed E-state index contributed by atoms with van der Waals surface area (Å²) in [6.07, 6.45) is 0. The molecule has 0 aliphatic rings. The molecule has 0 saturated carbocycles. The van der Waals surface area contributed by atoms with Crippen molar-refractivity contribution in [3.8, 4) is 11.5 Å². The molecule has 0 aromatic heterocycles. The number of para-hydroxylation sites is 1. The lowest BCUT2D eigenvalue weighted by atomic mass is 10.2. The van der Waals surface area contributed by atoms with E-state index in [4.69, 9.17) is 27.5 Å². The quantitative estimate of drug-likeness (QED) is 0.650. The van der Waals surface area contributed by atoms with Gasteiger partial charge in [-0.3, -0.25) is 5.41 Å². The molecule has 0 amide bonds. The van der Waals surface area contributed by atoms with Crippen LogP contribution in [0.15, 0.2) is 42.5 Å². The molecule has 0 spiro atoms. The average molecular weight is 311 g/mol. The molecule has 0 atom stereocenters. The van der Waals surface area contributed by atoms with E-state index in [0.717, 1.165) is 5.56 Å². The molecule has 104 valence electrons. The molecule has 2 aromatic carbocycles. The number of hydrogen-bond donors (Lipinski definition) is 2. The molecule has 0 saturated heterocycles. The van der Waals surface area contributed by atoms with Gasteiger partial charge in [0, 0.05) is 17.4 Å². The highest BCUT2D eigenvalue weighted by molar-refractivity contribution is 8.13. The number of halogens is 2. The first-order chi connectivity index (χ1) is 9.56. The number of nitrogens with one attached hydrogen (secondary N) is 1. The summed E-state index contributed by atoms with van der Waals surface area (Å²) in [5, 5.41) is 7.32. The fraction of sp³-hybridized carbons (Fsp3) is 0.0714. The van der Waals surface area contributed by atoms with Crippen molar-refractivity contribution in [2.45, 2.75) is 5.75 Å². The average Bonchev–Trinajstić information content (AvgIpc) is 2.42. The van der Waals surface area contributed by atoms with Gasteiger partial charge in [0.15, 0.2) is 5.17 Å². The summed E-state index contributed by atoms with van der Waals surface area (Å²) in [6, 6.07) is 11.6. The molecule has 0 bridgehead atoms. The van der Waals surface area contributed by atoms with E-state index >= 15 is 0 Å². The molecular weight excluding hydrogens is 299 g/mol. The Morgan fingerprint density at radius 3 is 2.75 bits per heavy atom. The number of benzene rings is 2. The van der Waals surface area contributed by atoms with Gasteiger partial charge in [0.1, 0.15) is 17.3 Å². The predicted octanol–water partition coefficient (Wildman–Crippen LogP) is 4.40. The minimum atomic E-state index is -0.528. The second kappa shape index (κ2) is 6.63. The zero-order chi connectivity index (χ0) is 14.5. The van der Waals surface area contributed by atoms with Gasteiger partial charge in [-0.2, -0.15) is 0 Å². The van der Waals surface area contributed by atoms with Crippen molar-refractivity contribution in [2.75, 3.05) is 0 Å². The largest absolute Gasteiger partial charge is 0.457 e. The highest BCUT2D eigenvalue weighted by Crippen LogP contribution is 2.29. The van der Waals surface area contributed by atoms with Crippen molar-refractivity contribution < 1.29 is 9.13 Å². The minimum absolute atomic E-state index is 0.0392. The van der Waals surface area contributed by atoms with Gasteiger partial charge in [-0.1, -0.05) is 41.6 Å². The van der Waals surface area contributed by atoms with Crippen molar-refractivity contribution in [3.05, 3.63) is 58.9 Å². The highest BCUT2D eigenvalue weighted by atomic mass is 35.5. The predicted molar refractivity (Wildman–Crippen MR) is 81.1 cm³/mol. The molecule has 2 rings (SSSR count). The van der Waals surface area contributed by atoms with Crippen LogP contribution in [0.2, 0.25) is 5.02 Å². The first kappa shape index (κ1) is 14.7. The van der Waals surface area contributed by atoms with Crippen molar-refractivity contribution in [3.63, 3.8) is 0 Å². The fourth-order valence-corrected chi connectivity index (χ4v) is 2.21. The fourth-order valence-electron chi connectivity index (χ4n) is 1.55. The van der Waals surface area contributed by atoms with E-state index in [2.05, 4.69) is 0 Å². The Labute approximate surface area is 125 Å². The van der Waals surface area contributed by atoms with Crippen LogP contribution in [0.5, 0.6) is 11.5 Å². The normalized spacial score (nSPS) is 10.3. The third kappa shape index (κ3) is 3.88. The van der Waals surface area contributed by atoms with Crippen molar-refractivity contribution >= 4 is 28.5 Å². The van der Waals surface area contributed by atoms with E-state index in [1.165, 1.54) is 23.9 Å². The molecule has 0 fully saturated rings. The van der Waals surface area contributed by atoms with Gasteiger partial charge in [0.25, 0.3) is 0 Å². The maximum Gasteiger partial charge on any atom is 0.151 e. The van der Waals surface area contributed by atoms with Gasteiger partial charge in [-0.05, 0) is 18.2 Å². The standard InChI is InChI=1S/C14H12ClFN2OS/c15-11-6-5-10(7-12(11)16)19-13-4-2-1-3-9(13)8-20-14(17)18/h1-7H,8H2,(H3,17,18). The van der Waals surface area contributed by atoms with E-state index in [9.17, 15) is 4.39 Å². The number of amidine groups is 1. The molecule has 3 nitrogen and oxygen atoms in total. The third-order valence-corrected chi connectivity index (χ3v) is 3.55. The van der Waals surface area contributed by atoms with Crippen LogP contribution in [-0.2, 0) is 5.75 Å². The number of thioether (sulfide) groups is 1. The van der Waals surface area contributed by atoms with E-state index in [1.54, 1.807) is 12.1 Å². The third-order valence-electron chi connectivity index (χ3n) is 2.47. The number of ether oxygens (including phenoxy) is 1. The van der Waals surface area contributed by atoms with E-state index < -0.39 is 5.82 Å². The Bertz CT molecular complexity index is 636. The van der Waals surface area contributed by atoms with Crippen LogP contribution in [0.4, 0.5) is 4.39 Å². The van der Waals surface area contributed by atoms with Gasteiger partial charge >= 0.3 is 0 Å². The van der Waals surface area contributed by atoms with Crippen LogP contribution >= 0.6 is 23.4 Å². The second-order valence-corrected chi connectivity index (χ2v) is 5.36. The maximum atomic E-state index is 13.4. The summed E-state index contributed by atoms with van der Waals surface area (Å²) in [5.41, 5.74) is 6.20. The summed E-state index contributed by atoms with van der Waals surface area (Å²) >= 11 is 6.83. The zero-order valence-corrected chi connectivity index (χ0v) is 12.0. The summed E-state index contributed by atoms with van der Waals surface area (Å²) in [6.45, 7) is 0. The van der Waals surface area contributed by atoms with Gasteiger partial charge in [0.05, 0.1) is 5.02 Å². The smallest absolute Gasteiger partial charge is 0.151 e. The molecule has 6 heteroatoms. The van der Waals surface area contributed by atoms with Gasteiger partial charge in [-0.15, -0.1) is 0 Å². The molecule has 0 aliphatic heterocycles. The molecular formula is C14H12ClFN2OS. The van der Waals surface area contributed by atoms with Crippen molar-refractivity contribution in [1.29, 1.82) is 5.41 Å². The first-order valence-corrected chi connectivity index (χ1v) is 7.10. The monoisotopic (exact) mass is 310 g/mol. The number of nitrogens with two attached hydrogens (primary N) is 1. The molecule has 20 heavy (non-hydrogen) atoms. The van der Waals surface area contributed by atoms with E-state index in [1.807, 2.05) is 18.2 Å². The molecule has 2 aromatic rings. The number of rotatable bonds is 4. The summed E-state index contributed by atoms with van der Waals surface area (Å²) in [4.78, 5) is 0. The van der Waals surface area contributed by atoms with Crippen LogP contribution in [0, 0.1) is 11.2 Å². The van der Waals surface area contributed by atoms with Gasteiger partial charge in [-0.25, -0.2) is 4.39 Å². The topological polar surface area (TPSA) is 59.1 Å². The minimum Gasteiger partial charge on any atom is -0.457 e. The zero-order valence-electron chi connectivity index (χ0n) is 10.4. The van der Waals surface area contributed by atoms with Crippen molar-refractivity contribution in [1.82, 2.24) is 0 Å². The second-order valence-electron chi connectivity index (χ2n) is 3.94.